The maximum atomic E-state index is 13.4. The Morgan fingerprint density at radius 3 is 2.19 bits per heavy atom. The van der Waals surface area contributed by atoms with Crippen LogP contribution >= 0.6 is 0 Å². The molecule has 1 atom stereocenters. The van der Waals surface area contributed by atoms with Crippen molar-refractivity contribution < 1.29 is 9.59 Å². The van der Waals surface area contributed by atoms with E-state index in [-0.39, 0.29) is 17.7 Å². The topological polar surface area (TPSA) is 40.6 Å². The fourth-order valence-electron chi connectivity index (χ4n) is 5.90. The Kier molecular flexibility index (Phi) is 8.03. The summed E-state index contributed by atoms with van der Waals surface area (Å²) in [5.74, 6) is 1.15. The summed E-state index contributed by atoms with van der Waals surface area (Å²) >= 11 is 0. The Bertz CT molecular complexity index is 1200. The molecule has 4 nitrogen and oxygen atoms in total. The standard InChI is InChI=1S/C33H38N2O2/c1-2-25-13-15-28(16-14-25)32(36)35-19-7-12-31(24-35)29-10-6-11-30(23-29)33(37)34-20-17-27(18-21-34)22-26-8-4-3-5-9-26/h3-6,8-11,13-16,23,27,31H,2,7,12,17-22,24H2,1H3/t31-/m0/s1. The largest absolute Gasteiger partial charge is 0.339 e. The third-order valence-corrected chi connectivity index (χ3v) is 8.19. The smallest absolute Gasteiger partial charge is 0.253 e. The third-order valence-electron chi connectivity index (χ3n) is 8.19. The van der Waals surface area contributed by atoms with Crippen molar-refractivity contribution in [3.05, 3.63) is 107 Å². The average molecular weight is 495 g/mol. The molecule has 4 heteroatoms. The van der Waals surface area contributed by atoms with Crippen molar-refractivity contribution in [2.24, 2.45) is 5.92 Å². The zero-order chi connectivity index (χ0) is 25.6. The second-order valence-corrected chi connectivity index (χ2v) is 10.7. The molecule has 2 aliphatic heterocycles. The van der Waals surface area contributed by atoms with Crippen LogP contribution in [0.1, 0.15) is 75.9 Å². The van der Waals surface area contributed by atoms with Crippen LogP contribution in [-0.2, 0) is 12.8 Å². The number of hydrogen-bond acceptors (Lipinski definition) is 2. The number of benzene rings is 3. The number of piperidine rings is 2. The van der Waals surface area contributed by atoms with Gasteiger partial charge in [-0.25, -0.2) is 0 Å². The zero-order valence-electron chi connectivity index (χ0n) is 21.9. The van der Waals surface area contributed by atoms with Gasteiger partial charge < -0.3 is 9.80 Å². The number of nitrogens with zero attached hydrogens (tertiary/aromatic N) is 2. The Hall–Kier alpha value is -3.40. The highest BCUT2D eigenvalue weighted by Gasteiger charge is 2.27. The zero-order valence-corrected chi connectivity index (χ0v) is 21.9. The summed E-state index contributed by atoms with van der Waals surface area (Å²) in [5, 5.41) is 0. The Balaban J connectivity index is 1.20. The van der Waals surface area contributed by atoms with Gasteiger partial charge in [0.25, 0.3) is 11.8 Å². The fourth-order valence-corrected chi connectivity index (χ4v) is 5.90. The van der Waals surface area contributed by atoms with E-state index in [9.17, 15) is 9.59 Å². The minimum Gasteiger partial charge on any atom is -0.339 e. The predicted octanol–water partition coefficient (Wildman–Crippen LogP) is 6.36. The van der Waals surface area contributed by atoms with Crippen molar-refractivity contribution >= 4 is 11.8 Å². The van der Waals surface area contributed by atoms with Gasteiger partial charge in [0.2, 0.25) is 0 Å². The van der Waals surface area contributed by atoms with Crippen LogP contribution in [0.3, 0.4) is 0 Å². The van der Waals surface area contributed by atoms with Crippen molar-refractivity contribution in [3.8, 4) is 0 Å². The van der Waals surface area contributed by atoms with Gasteiger partial charge in [-0.3, -0.25) is 9.59 Å². The molecule has 0 saturated carbocycles. The highest BCUT2D eigenvalue weighted by Crippen LogP contribution is 2.29. The van der Waals surface area contributed by atoms with Gasteiger partial charge in [0.1, 0.15) is 0 Å². The molecule has 2 saturated heterocycles. The van der Waals surface area contributed by atoms with E-state index >= 15 is 0 Å². The Morgan fingerprint density at radius 1 is 0.730 bits per heavy atom. The molecule has 2 heterocycles. The highest BCUT2D eigenvalue weighted by molar-refractivity contribution is 5.95. The number of amides is 2. The number of aryl methyl sites for hydroxylation is 1. The summed E-state index contributed by atoms with van der Waals surface area (Å²) in [6.45, 7) is 5.27. The van der Waals surface area contributed by atoms with Gasteiger partial charge in [0.15, 0.2) is 0 Å². The molecule has 3 aromatic rings. The first kappa shape index (κ1) is 25.3. The summed E-state index contributed by atoms with van der Waals surface area (Å²) in [4.78, 5) is 30.5. The predicted molar refractivity (Wildman–Crippen MR) is 149 cm³/mol. The second-order valence-electron chi connectivity index (χ2n) is 10.7. The van der Waals surface area contributed by atoms with Gasteiger partial charge >= 0.3 is 0 Å². The van der Waals surface area contributed by atoms with E-state index in [2.05, 4.69) is 49.4 Å². The van der Waals surface area contributed by atoms with E-state index < -0.39 is 0 Å². The van der Waals surface area contributed by atoms with Crippen LogP contribution in [0.5, 0.6) is 0 Å². The highest BCUT2D eigenvalue weighted by atomic mass is 16.2. The van der Waals surface area contributed by atoms with E-state index in [0.717, 1.165) is 69.3 Å². The average Bonchev–Trinajstić information content (AvgIpc) is 2.97. The Labute approximate surface area is 221 Å². The molecule has 37 heavy (non-hydrogen) atoms. The number of hydrogen-bond donors (Lipinski definition) is 0. The van der Waals surface area contributed by atoms with E-state index in [4.69, 9.17) is 0 Å². The molecule has 0 bridgehead atoms. The second kappa shape index (κ2) is 11.8. The molecule has 2 amide bonds. The quantitative estimate of drug-likeness (QED) is 0.400. The van der Waals surface area contributed by atoms with E-state index in [0.29, 0.717) is 12.5 Å². The Morgan fingerprint density at radius 2 is 1.46 bits per heavy atom. The molecule has 3 aromatic carbocycles. The van der Waals surface area contributed by atoms with Gasteiger partial charge in [-0.05, 0) is 85.4 Å². The normalized spacial score (nSPS) is 18.6. The first-order valence-electron chi connectivity index (χ1n) is 13.9. The van der Waals surface area contributed by atoms with E-state index in [1.54, 1.807) is 0 Å². The third kappa shape index (κ3) is 6.12. The molecular formula is C33H38N2O2. The molecule has 0 radical (unpaired) electrons. The van der Waals surface area contributed by atoms with Gasteiger partial charge in [-0.15, -0.1) is 0 Å². The summed E-state index contributed by atoms with van der Waals surface area (Å²) in [7, 11) is 0. The van der Waals surface area contributed by atoms with Gasteiger partial charge in [0.05, 0.1) is 0 Å². The molecule has 0 spiro atoms. The number of carbonyl (C=O) groups is 2. The van der Waals surface area contributed by atoms with Crippen LogP contribution in [0.15, 0.2) is 78.9 Å². The lowest BCUT2D eigenvalue weighted by molar-refractivity contribution is 0.0684. The molecule has 192 valence electrons. The van der Waals surface area contributed by atoms with Gasteiger partial charge in [-0.1, -0.05) is 61.5 Å². The monoisotopic (exact) mass is 494 g/mol. The molecule has 0 aliphatic carbocycles. The molecule has 0 aromatic heterocycles. The van der Waals surface area contributed by atoms with Gasteiger partial charge in [-0.2, -0.15) is 0 Å². The van der Waals surface area contributed by atoms with E-state index in [1.165, 1.54) is 16.7 Å². The van der Waals surface area contributed by atoms with Crippen LogP contribution in [0.4, 0.5) is 0 Å². The van der Waals surface area contributed by atoms with Crippen LogP contribution in [0.2, 0.25) is 0 Å². The van der Waals surface area contributed by atoms with Gasteiger partial charge in [0, 0.05) is 43.2 Å². The SMILES string of the molecule is CCc1ccc(C(=O)N2CCC[C@H](c3cccc(C(=O)N4CCC(Cc5ccccc5)CC4)c3)C2)cc1. The molecule has 2 aliphatic rings. The van der Waals surface area contributed by atoms with Crippen LogP contribution < -0.4 is 0 Å². The number of carbonyl (C=O) groups excluding carboxylic acids is 2. The maximum Gasteiger partial charge on any atom is 0.253 e. The summed E-state index contributed by atoms with van der Waals surface area (Å²) in [6, 6.07) is 26.8. The van der Waals surface area contributed by atoms with Crippen LogP contribution in [-0.4, -0.2) is 47.8 Å². The van der Waals surface area contributed by atoms with E-state index in [1.807, 2.05) is 46.2 Å². The van der Waals surface area contributed by atoms with Crippen molar-refractivity contribution in [1.82, 2.24) is 9.80 Å². The first-order chi connectivity index (χ1) is 18.1. The summed E-state index contributed by atoms with van der Waals surface area (Å²) in [6.07, 6.45) is 6.20. The molecule has 0 N–H and O–H groups in total. The molecule has 0 unspecified atom stereocenters. The maximum absolute atomic E-state index is 13.4. The first-order valence-corrected chi connectivity index (χ1v) is 13.9. The molecule has 5 rings (SSSR count). The lowest BCUT2D eigenvalue weighted by Crippen LogP contribution is -2.39. The fraction of sp³-hybridized carbons (Fsp3) is 0.394. The number of likely N-dealkylation sites (tertiary alicyclic amines) is 2. The minimum absolute atomic E-state index is 0.109. The van der Waals surface area contributed by atoms with Crippen molar-refractivity contribution in [2.75, 3.05) is 26.2 Å². The summed E-state index contributed by atoms with van der Waals surface area (Å²) in [5.41, 5.74) is 5.34. The molecular weight excluding hydrogens is 456 g/mol. The van der Waals surface area contributed by atoms with Crippen molar-refractivity contribution in [2.45, 2.75) is 51.4 Å². The lowest BCUT2D eigenvalue weighted by atomic mass is 9.88. The number of rotatable bonds is 6. The van der Waals surface area contributed by atoms with Crippen molar-refractivity contribution in [1.29, 1.82) is 0 Å². The lowest BCUT2D eigenvalue weighted by Gasteiger charge is -2.34. The molecule has 2 fully saturated rings. The van der Waals surface area contributed by atoms with Crippen LogP contribution in [0.25, 0.3) is 0 Å². The minimum atomic E-state index is 0.109. The van der Waals surface area contributed by atoms with Crippen molar-refractivity contribution in [3.63, 3.8) is 0 Å². The van der Waals surface area contributed by atoms with Crippen LogP contribution in [0, 0.1) is 5.92 Å². The summed E-state index contributed by atoms with van der Waals surface area (Å²) < 4.78 is 0.